The second-order valence-corrected chi connectivity index (χ2v) is 3.76. The van der Waals surface area contributed by atoms with Crippen molar-refractivity contribution in [1.29, 1.82) is 0 Å². The molecule has 0 saturated heterocycles. The molecule has 0 bridgehead atoms. The zero-order valence-corrected chi connectivity index (χ0v) is 9.87. The monoisotopic (exact) mass is 192 g/mol. The fourth-order valence-electron chi connectivity index (χ4n) is 1.19. The third-order valence-electron chi connectivity index (χ3n) is 2.12. The van der Waals surface area contributed by atoms with Crippen LogP contribution in [-0.4, -0.2) is 0 Å². The van der Waals surface area contributed by atoms with E-state index in [2.05, 4.69) is 57.2 Å². The first-order chi connectivity index (χ1) is 6.81. The molecule has 0 heteroatoms. The second-order valence-electron chi connectivity index (χ2n) is 3.76. The Morgan fingerprint density at radius 3 is 2.21 bits per heavy atom. The lowest BCUT2D eigenvalue weighted by Crippen LogP contribution is -1.85. The summed E-state index contributed by atoms with van der Waals surface area (Å²) in [5, 5.41) is 0. The Balaban J connectivity index is 0.000000292. The van der Waals surface area contributed by atoms with Crippen LogP contribution in [0.2, 0.25) is 0 Å². The van der Waals surface area contributed by atoms with Crippen LogP contribution in [0.1, 0.15) is 46.5 Å². The zero-order valence-electron chi connectivity index (χ0n) is 9.87. The summed E-state index contributed by atoms with van der Waals surface area (Å²) in [6, 6.07) is 0. The van der Waals surface area contributed by atoms with Gasteiger partial charge in [0.2, 0.25) is 0 Å². The average Bonchev–Trinajstić information content (AvgIpc) is 2.14. The second kappa shape index (κ2) is 10.3. The molecule has 80 valence electrons. The fraction of sp³-hybridized carbons (Fsp3) is 0.571. The first-order valence-electron chi connectivity index (χ1n) is 5.81. The SMILES string of the molecule is CC1\C=C/C=C\C=C/C1.CCCCC. The summed E-state index contributed by atoms with van der Waals surface area (Å²) in [5.74, 6) is 0.700. The van der Waals surface area contributed by atoms with Crippen molar-refractivity contribution in [2.24, 2.45) is 5.92 Å². The highest BCUT2D eigenvalue weighted by Crippen LogP contribution is 2.06. The predicted octanol–water partition coefficient (Wildman–Crippen LogP) is 4.89. The molecule has 14 heavy (non-hydrogen) atoms. The molecule has 0 saturated carbocycles. The molecule has 1 atom stereocenters. The molecule has 0 spiro atoms. The van der Waals surface area contributed by atoms with Crippen LogP contribution < -0.4 is 0 Å². The van der Waals surface area contributed by atoms with E-state index >= 15 is 0 Å². The number of hydrogen-bond donors (Lipinski definition) is 0. The van der Waals surface area contributed by atoms with Crippen LogP contribution >= 0.6 is 0 Å². The van der Waals surface area contributed by atoms with Crippen molar-refractivity contribution in [1.82, 2.24) is 0 Å². The molecule has 0 fully saturated rings. The highest BCUT2D eigenvalue weighted by Gasteiger charge is 1.91. The van der Waals surface area contributed by atoms with Crippen molar-refractivity contribution in [3.05, 3.63) is 36.5 Å². The number of hydrogen-bond acceptors (Lipinski definition) is 0. The van der Waals surface area contributed by atoms with E-state index in [-0.39, 0.29) is 0 Å². The number of unbranched alkanes of at least 4 members (excludes halogenated alkanes) is 2. The van der Waals surface area contributed by atoms with Gasteiger partial charge in [0, 0.05) is 0 Å². The molecule has 1 aliphatic carbocycles. The summed E-state index contributed by atoms with van der Waals surface area (Å²) >= 11 is 0. The average molecular weight is 192 g/mol. The molecule has 1 aliphatic rings. The Hall–Kier alpha value is -0.780. The highest BCUT2D eigenvalue weighted by atomic mass is 14.0. The van der Waals surface area contributed by atoms with Crippen LogP contribution in [0.25, 0.3) is 0 Å². The van der Waals surface area contributed by atoms with Crippen LogP contribution in [0, 0.1) is 5.92 Å². The van der Waals surface area contributed by atoms with E-state index < -0.39 is 0 Å². The molecule has 0 aromatic rings. The Morgan fingerprint density at radius 2 is 1.64 bits per heavy atom. The molecule has 0 N–H and O–H groups in total. The van der Waals surface area contributed by atoms with Crippen LogP contribution in [-0.2, 0) is 0 Å². The van der Waals surface area contributed by atoms with Crippen LogP contribution in [0.5, 0.6) is 0 Å². The Kier molecular flexibility index (Phi) is 9.73. The van der Waals surface area contributed by atoms with Gasteiger partial charge in [0.15, 0.2) is 0 Å². The van der Waals surface area contributed by atoms with Crippen molar-refractivity contribution in [3.8, 4) is 0 Å². The first-order valence-corrected chi connectivity index (χ1v) is 5.81. The van der Waals surface area contributed by atoms with Gasteiger partial charge in [0.25, 0.3) is 0 Å². The normalized spacial score (nSPS) is 26.4. The highest BCUT2D eigenvalue weighted by molar-refractivity contribution is 5.14. The van der Waals surface area contributed by atoms with Crippen molar-refractivity contribution < 1.29 is 0 Å². The van der Waals surface area contributed by atoms with Gasteiger partial charge in [-0.25, -0.2) is 0 Å². The van der Waals surface area contributed by atoms with Crippen molar-refractivity contribution >= 4 is 0 Å². The summed E-state index contributed by atoms with van der Waals surface area (Å²) in [5.41, 5.74) is 0. The lowest BCUT2D eigenvalue weighted by molar-refractivity contribution is 0.743. The fourth-order valence-corrected chi connectivity index (χ4v) is 1.19. The summed E-state index contributed by atoms with van der Waals surface area (Å²) < 4.78 is 0. The van der Waals surface area contributed by atoms with Crippen LogP contribution in [0.15, 0.2) is 36.5 Å². The predicted molar refractivity (Wildman–Crippen MR) is 66.4 cm³/mol. The molecule has 0 nitrogen and oxygen atoms in total. The maximum absolute atomic E-state index is 2.22. The third-order valence-corrected chi connectivity index (χ3v) is 2.12. The van der Waals surface area contributed by atoms with Gasteiger partial charge in [-0.05, 0) is 12.3 Å². The van der Waals surface area contributed by atoms with E-state index in [4.69, 9.17) is 0 Å². The number of allylic oxidation sites excluding steroid dienone is 6. The van der Waals surface area contributed by atoms with Gasteiger partial charge in [0.1, 0.15) is 0 Å². The molecule has 0 heterocycles. The van der Waals surface area contributed by atoms with Crippen LogP contribution in [0.3, 0.4) is 0 Å². The largest absolute Gasteiger partial charge is 0.0840 e. The van der Waals surface area contributed by atoms with Gasteiger partial charge in [-0.15, -0.1) is 0 Å². The first kappa shape index (κ1) is 13.2. The lowest BCUT2D eigenvalue weighted by Gasteiger charge is -2.00. The lowest BCUT2D eigenvalue weighted by atomic mass is 10.1. The van der Waals surface area contributed by atoms with E-state index in [0.29, 0.717) is 5.92 Å². The van der Waals surface area contributed by atoms with E-state index in [1.54, 1.807) is 0 Å². The zero-order chi connectivity index (χ0) is 10.6. The molecule has 1 unspecified atom stereocenters. The topological polar surface area (TPSA) is 0 Å². The third kappa shape index (κ3) is 9.31. The van der Waals surface area contributed by atoms with Gasteiger partial charge in [-0.2, -0.15) is 0 Å². The summed E-state index contributed by atoms with van der Waals surface area (Å²) in [6.07, 6.45) is 18.0. The summed E-state index contributed by atoms with van der Waals surface area (Å²) in [4.78, 5) is 0. The minimum atomic E-state index is 0.700. The van der Waals surface area contributed by atoms with Crippen LogP contribution in [0.4, 0.5) is 0 Å². The maximum Gasteiger partial charge on any atom is -0.0224 e. The molecule has 0 aromatic carbocycles. The van der Waals surface area contributed by atoms with Gasteiger partial charge in [-0.3, -0.25) is 0 Å². The van der Waals surface area contributed by atoms with E-state index in [1.807, 2.05) is 0 Å². The van der Waals surface area contributed by atoms with E-state index in [1.165, 1.54) is 25.7 Å². The Morgan fingerprint density at radius 1 is 1.00 bits per heavy atom. The minimum Gasteiger partial charge on any atom is -0.0840 e. The molecular weight excluding hydrogens is 168 g/mol. The van der Waals surface area contributed by atoms with E-state index in [0.717, 1.165) is 0 Å². The molecule has 0 aromatic heterocycles. The van der Waals surface area contributed by atoms with Crippen molar-refractivity contribution in [2.75, 3.05) is 0 Å². The minimum absolute atomic E-state index is 0.700. The Labute approximate surface area is 89.4 Å². The number of rotatable bonds is 2. The van der Waals surface area contributed by atoms with Gasteiger partial charge >= 0.3 is 0 Å². The quantitative estimate of drug-likeness (QED) is 0.584. The molecule has 0 radical (unpaired) electrons. The maximum atomic E-state index is 2.22. The smallest absolute Gasteiger partial charge is 0.0224 e. The molecule has 0 amide bonds. The molecular formula is C14H24. The molecule has 0 aliphatic heterocycles. The van der Waals surface area contributed by atoms with Crippen molar-refractivity contribution in [2.45, 2.75) is 46.5 Å². The standard InChI is InChI=1S/C9H12.C5H12/c1-9-7-5-3-2-4-6-8-9;1-3-5-4-2/h2-7,9H,8H2,1H3;3-5H2,1-2H3/b3-2-,6-4-,7-5-;. The molecule has 1 rings (SSSR count). The Bertz CT molecular complexity index is 182. The van der Waals surface area contributed by atoms with Gasteiger partial charge in [-0.1, -0.05) is 76.5 Å². The van der Waals surface area contributed by atoms with Gasteiger partial charge in [0.05, 0.1) is 0 Å². The van der Waals surface area contributed by atoms with Crippen molar-refractivity contribution in [3.63, 3.8) is 0 Å². The van der Waals surface area contributed by atoms with E-state index in [9.17, 15) is 0 Å². The van der Waals surface area contributed by atoms with Gasteiger partial charge < -0.3 is 0 Å². The summed E-state index contributed by atoms with van der Waals surface area (Å²) in [7, 11) is 0. The summed E-state index contributed by atoms with van der Waals surface area (Å²) in [6.45, 7) is 6.65.